The highest BCUT2D eigenvalue weighted by molar-refractivity contribution is 5.79. The summed E-state index contributed by atoms with van der Waals surface area (Å²) in [5.74, 6) is 0.204. The van der Waals surface area contributed by atoms with E-state index in [9.17, 15) is 4.79 Å². The van der Waals surface area contributed by atoms with E-state index in [0.717, 1.165) is 45.3 Å². The summed E-state index contributed by atoms with van der Waals surface area (Å²) in [7, 11) is 0. The topological polar surface area (TPSA) is 58.4 Å². The fourth-order valence-corrected chi connectivity index (χ4v) is 3.73. The molecule has 3 N–H and O–H groups in total. The average molecular weight is 301 g/mol. The molecule has 3 rings (SSSR count). The molecular formula is C18H27N3O. The van der Waals surface area contributed by atoms with E-state index < -0.39 is 0 Å². The molecule has 0 aromatic heterocycles. The second kappa shape index (κ2) is 7.25. The predicted octanol–water partition coefficient (Wildman–Crippen LogP) is 1.89. The number of nitrogens with two attached hydrogens (primary N) is 1. The SMILES string of the molecule is N[C@H]1CCCC[C@H]1C(=O)NC1CCN(Cc2ccccc2)C1. The third-order valence-electron chi connectivity index (χ3n) is 5.02. The van der Waals surface area contributed by atoms with Crippen molar-refractivity contribution in [3.63, 3.8) is 0 Å². The summed E-state index contributed by atoms with van der Waals surface area (Å²) in [6.45, 7) is 2.97. The first kappa shape index (κ1) is 15.5. The number of nitrogens with one attached hydrogen (secondary N) is 1. The molecule has 1 aliphatic carbocycles. The van der Waals surface area contributed by atoms with Crippen molar-refractivity contribution < 1.29 is 4.79 Å². The van der Waals surface area contributed by atoms with Gasteiger partial charge in [0.05, 0.1) is 5.92 Å². The summed E-state index contributed by atoms with van der Waals surface area (Å²) in [6.07, 6.45) is 5.28. The van der Waals surface area contributed by atoms with Crippen LogP contribution in [0.25, 0.3) is 0 Å². The molecule has 3 atom stereocenters. The minimum absolute atomic E-state index is 0.0249. The van der Waals surface area contributed by atoms with Crippen LogP contribution < -0.4 is 11.1 Å². The van der Waals surface area contributed by atoms with Gasteiger partial charge < -0.3 is 11.1 Å². The maximum absolute atomic E-state index is 12.4. The molecule has 4 nitrogen and oxygen atoms in total. The van der Waals surface area contributed by atoms with Gasteiger partial charge in [-0.2, -0.15) is 0 Å². The van der Waals surface area contributed by atoms with E-state index in [1.165, 1.54) is 12.0 Å². The Morgan fingerprint density at radius 2 is 1.95 bits per heavy atom. The molecule has 120 valence electrons. The molecule has 0 bridgehead atoms. The average Bonchev–Trinajstić information content (AvgIpc) is 2.95. The normalized spacial score (nSPS) is 29.4. The molecule has 1 amide bonds. The largest absolute Gasteiger partial charge is 0.352 e. The van der Waals surface area contributed by atoms with Crippen molar-refractivity contribution in [1.82, 2.24) is 10.2 Å². The predicted molar refractivity (Wildman–Crippen MR) is 88.2 cm³/mol. The third-order valence-corrected chi connectivity index (χ3v) is 5.02. The Balaban J connectivity index is 1.47. The summed E-state index contributed by atoms with van der Waals surface area (Å²) in [5, 5.41) is 3.23. The quantitative estimate of drug-likeness (QED) is 0.893. The Kier molecular flexibility index (Phi) is 5.11. The molecule has 1 heterocycles. The Labute approximate surface area is 133 Å². The zero-order chi connectivity index (χ0) is 15.4. The number of benzene rings is 1. The number of carbonyl (C=O) groups excluding carboxylic acids is 1. The van der Waals surface area contributed by atoms with Crippen molar-refractivity contribution in [1.29, 1.82) is 0 Å². The van der Waals surface area contributed by atoms with E-state index in [1.54, 1.807) is 0 Å². The molecule has 2 aliphatic rings. The summed E-state index contributed by atoms with van der Waals surface area (Å²) in [5.41, 5.74) is 7.45. The van der Waals surface area contributed by atoms with E-state index >= 15 is 0 Å². The van der Waals surface area contributed by atoms with Gasteiger partial charge in [-0.15, -0.1) is 0 Å². The molecular weight excluding hydrogens is 274 g/mol. The van der Waals surface area contributed by atoms with Gasteiger partial charge >= 0.3 is 0 Å². The molecule has 1 saturated carbocycles. The lowest BCUT2D eigenvalue weighted by atomic mass is 9.84. The fraction of sp³-hybridized carbons (Fsp3) is 0.611. The van der Waals surface area contributed by atoms with Gasteiger partial charge in [-0.3, -0.25) is 9.69 Å². The molecule has 4 heteroatoms. The van der Waals surface area contributed by atoms with Gasteiger partial charge in [0, 0.05) is 31.7 Å². The van der Waals surface area contributed by atoms with E-state index in [4.69, 9.17) is 5.73 Å². The highest BCUT2D eigenvalue weighted by atomic mass is 16.2. The number of hydrogen-bond donors (Lipinski definition) is 2. The standard InChI is InChI=1S/C18H27N3O/c19-17-9-5-4-8-16(17)18(22)20-15-10-11-21(13-15)12-14-6-2-1-3-7-14/h1-3,6-7,15-17H,4-5,8-13,19H2,(H,20,22)/t15?,16-,17+/m1/s1. The van der Waals surface area contributed by atoms with Crippen LogP contribution >= 0.6 is 0 Å². The van der Waals surface area contributed by atoms with E-state index in [1.807, 2.05) is 6.07 Å². The van der Waals surface area contributed by atoms with E-state index in [2.05, 4.69) is 34.5 Å². The van der Waals surface area contributed by atoms with Crippen molar-refractivity contribution in [3.05, 3.63) is 35.9 Å². The summed E-state index contributed by atoms with van der Waals surface area (Å²) in [6, 6.07) is 10.9. The maximum Gasteiger partial charge on any atom is 0.224 e. The second-order valence-electron chi connectivity index (χ2n) is 6.77. The van der Waals surface area contributed by atoms with Crippen LogP contribution in [0, 0.1) is 5.92 Å². The first-order chi connectivity index (χ1) is 10.7. The van der Waals surface area contributed by atoms with Crippen molar-refractivity contribution >= 4 is 5.91 Å². The van der Waals surface area contributed by atoms with Gasteiger partial charge in [0.25, 0.3) is 0 Å². The molecule has 1 aliphatic heterocycles. The lowest BCUT2D eigenvalue weighted by Crippen LogP contribution is -2.47. The van der Waals surface area contributed by atoms with Crippen molar-refractivity contribution in [2.75, 3.05) is 13.1 Å². The molecule has 1 unspecified atom stereocenters. The summed E-state index contributed by atoms with van der Waals surface area (Å²) in [4.78, 5) is 14.8. The smallest absolute Gasteiger partial charge is 0.224 e. The number of likely N-dealkylation sites (tertiary alicyclic amines) is 1. The van der Waals surface area contributed by atoms with Gasteiger partial charge in [-0.05, 0) is 24.8 Å². The number of carbonyl (C=O) groups is 1. The lowest BCUT2D eigenvalue weighted by molar-refractivity contribution is -0.127. The minimum Gasteiger partial charge on any atom is -0.352 e. The number of nitrogens with zero attached hydrogens (tertiary/aromatic N) is 1. The van der Waals surface area contributed by atoms with Gasteiger partial charge in [-0.25, -0.2) is 0 Å². The van der Waals surface area contributed by atoms with Gasteiger partial charge in [0.15, 0.2) is 0 Å². The van der Waals surface area contributed by atoms with Crippen molar-refractivity contribution in [2.45, 2.75) is 50.7 Å². The van der Waals surface area contributed by atoms with Gasteiger partial charge in [0.1, 0.15) is 0 Å². The van der Waals surface area contributed by atoms with Crippen LogP contribution in [0.4, 0.5) is 0 Å². The lowest BCUT2D eigenvalue weighted by Gasteiger charge is -2.28. The number of hydrogen-bond acceptors (Lipinski definition) is 3. The van der Waals surface area contributed by atoms with E-state index in [0.29, 0.717) is 0 Å². The summed E-state index contributed by atoms with van der Waals surface area (Å²) < 4.78 is 0. The monoisotopic (exact) mass is 301 g/mol. The van der Waals surface area contributed by atoms with Crippen LogP contribution in [0.5, 0.6) is 0 Å². The molecule has 0 radical (unpaired) electrons. The van der Waals surface area contributed by atoms with Crippen LogP contribution in [0.15, 0.2) is 30.3 Å². The second-order valence-corrected chi connectivity index (χ2v) is 6.77. The van der Waals surface area contributed by atoms with Crippen LogP contribution in [-0.2, 0) is 11.3 Å². The molecule has 1 aromatic carbocycles. The van der Waals surface area contributed by atoms with Crippen LogP contribution in [0.1, 0.15) is 37.7 Å². The Morgan fingerprint density at radius 3 is 2.73 bits per heavy atom. The van der Waals surface area contributed by atoms with Crippen LogP contribution in [0.3, 0.4) is 0 Å². The molecule has 1 aromatic rings. The zero-order valence-corrected chi connectivity index (χ0v) is 13.2. The first-order valence-corrected chi connectivity index (χ1v) is 8.54. The van der Waals surface area contributed by atoms with Crippen LogP contribution in [-0.4, -0.2) is 36.0 Å². The molecule has 1 saturated heterocycles. The fourth-order valence-electron chi connectivity index (χ4n) is 3.73. The van der Waals surface area contributed by atoms with Gasteiger partial charge in [0.2, 0.25) is 5.91 Å². The van der Waals surface area contributed by atoms with Crippen molar-refractivity contribution in [3.8, 4) is 0 Å². The Hall–Kier alpha value is -1.39. The number of amides is 1. The first-order valence-electron chi connectivity index (χ1n) is 8.54. The Bertz CT molecular complexity index is 490. The van der Waals surface area contributed by atoms with Crippen LogP contribution in [0.2, 0.25) is 0 Å². The Morgan fingerprint density at radius 1 is 1.18 bits per heavy atom. The molecule has 22 heavy (non-hydrogen) atoms. The maximum atomic E-state index is 12.4. The highest BCUT2D eigenvalue weighted by Crippen LogP contribution is 2.23. The minimum atomic E-state index is 0.0249. The molecule has 2 fully saturated rings. The third kappa shape index (κ3) is 3.87. The number of rotatable bonds is 4. The molecule has 0 spiro atoms. The summed E-state index contributed by atoms with van der Waals surface area (Å²) >= 11 is 0. The van der Waals surface area contributed by atoms with E-state index in [-0.39, 0.29) is 23.9 Å². The van der Waals surface area contributed by atoms with Crippen molar-refractivity contribution in [2.24, 2.45) is 11.7 Å². The zero-order valence-electron chi connectivity index (χ0n) is 13.2. The van der Waals surface area contributed by atoms with Gasteiger partial charge in [-0.1, -0.05) is 43.2 Å². The highest BCUT2D eigenvalue weighted by Gasteiger charge is 2.31.